The Morgan fingerprint density at radius 2 is 2.24 bits per heavy atom. The molecule has 0 radical (unpaired) electrons. The van der Waals surface area contributed by atoms with Gasteiger partial charge in [-0.3, -0.25) is 14.9 Å². The molecule has 3 rings (SSSR count). The molecule has 2 amide bonds. The number of carbonyl (C=O) groups excluding carboxylic acids is 2. The van der Waals surface area contributed by atoms with Crippen molar-refractivity contribution in [3.63, 3.8) is 0 Å². The van der Waals surface area contributed by atoms with Crippen molar-refractivity contribution < 1.29 is 9.59 Å². The Hall–Kier alpha value is -1.15. The highest BCUT2D eigenvalue weighted by Crippen LogP contribution is 2.47. The lowest BCUT2D eigenvalue weighted by Gasteiger charge is -2.29. The van der Waals surface area contributed by atoms with Gasteiger partial charge in [-0.1, -0.05) is 25.2 Å². The van der Waals surface area contributed by atoms with Gasteiger partial charge in [0.05, 0.1) is 4.87 Å². The van der Waals surface area contributed by atoms with Crippen molar-refractivity contribution in [3.8, 4) is 0 Å². The summed E-state index contributed by atoms with van der Waals surface area (Å²) in [7, 11) is 0. The highest BCUT2D eigenvalue weighted by Gasteiger charge is 2.52. The van der Waals surface area contributed by atoms with Crippen molar-refractivity contribution in [2.45, 2.75) is 50.4 Å². The second-order valence-corrected chi connectivity index (χ2v) is 8.37. The minimum atomic E-state index is -0.401. The Morgan fingerprint density at radius 3 is 2.90 bits per heavy atom. The molecule has 1 aromatic rings. The van der Waals surface area contributed by atoms with Gasteiger partial charge in [0.1, 0.15) is 11.0 Å². The molecule has 0 aromatic carbocycles. The maximum atomic E-state index is 12.4. The van der Waals surface area contributed by atoms with E-state index >= 15 is 0 Å². The number of anilines is 1. The molecule has 0 aliphatic carbocycles. The Bertz CT molecular complexity index is 588. The average molecular weight is 326 g/mol. The predicted molar refractivity (Wildman–Crippen MR) is 83.4 cm³/mol. The van der Waals surface area contributed by atoms with Crippen molar-refractivity contribution in [3.05, 3.63) is 5.01 Å². The summed E-state index contributed by atoms with van der Waals surface area (Å²) in [5.74, 6) is 0.846. The monoisotopic (exact) mass is 326 g/mol. The van der Waals surface area contributed by atoms with Gasteiger partial charge in [0, 0.05) is 18.1 Å². The van der Waals surface area contributed by atoms with Gasteiger partial charge in [0.25, 0.3) is 0 Å². The van der Waals surface area contributed by atoms with Crippen molar-refractivity contribution in [2.75, 3.05) is 11.1 Å². The van der Waals surface area contributed by atoms with E-state index in [0.29, 0.717) is 23.2 Å². The zero-order valence-electron chi connectivity index (χ0n) is 12.3. The molecule has 1 aromatic heterocycles. The van der Waals surface area contributed by atoms with Gasteiger partial charge in [-0.15, -0.1) is 22.0 Å². The van der Waals surface area contributed by atoms with Crippen LogP contribution in [0.25, 0.3) is 0 Å². The molecular formula is C13H18N4O2S2. The number of fused-ring (bicyclic) bond motifs is 1. The standard InChI is InChI=1S/C13H18N4O2S2/c1-7(2)11-15-16-12(21-11)14-10(19)8-6-20-13(3)5-4-9(18)17(8)13/h7-8H,4-6H2,1-3H3,(H,14,16,19). The maximum Gasteiger partial charge on any atom is 0.249 e. The molecule has 0 spiro atoms. The lowest BCUT2D eigenvalue weighted by molar-refractivity contribution is -0.135. The van der Waals surface area contributed by atoms with E-state index in [1.165, 1.54) is 11.3 Å². The molecule has 2 atom stereocenters. The number of nitrogens with one attached hydrogen (secondary N) is 1. The highest BCUT2D eigenvalue weighted by atomic mass is 32.2. The van der Waals surface area contributed by atoms with Crippen LogP contribution in [0.4, 0.5) is 5.13 Å². The largest absolute Gasteiger partial charge is 0.315 e. The topological polar surface area (TPSA) is 75.2 Å². The Balaban J connectivity index is 1.72. The summed E-state index contributed by atoms with van der Waals surface area (Å²) in [6.07, 6.45) is 1.35. The summed E-state index contributed by atoms with van der Waals surface area (Å²) >= 11 is 3.08. The van der Waals surface area contributed by atoms with Gasteiger partial charge in [0.2, 0.25) is 16.9 Å². The first kappa shape index (κ1) is 14.8. The number of thioether (sulfide) groups is 1. The normalized spacial score (nSPS) is 28.3. The molecule has 2 fully saturated rings. The van der Waals surface area contributed by atoms with Crippen LogP contribution in [0.15, 0.2) is 0 Å². The molecule has 6 nitrogen and oxygen atoms in total. The maximum absolute atomic E-state index is 12.4. The van der Waals surface area contributed by atoms with E-state index < -0.39 is 6.04 Å². The highest BCUT2D eigenvalue weighted by molar-refractivity contribution is 8.01. The molecular weight excluding hydrogens is 308 g/mol. The van der Waals surface area contributed by atoms with Crippen LogP contribution in [0.1, 0.15) is 44.5 Å². The van der Waals surface area contributed by atoms with Gasteiger partial charge >= 0.3 is 0 Å². The molecule has 2 aliphatic rings. The van der Waals surface area contributed by atoms with Crippen LogP contribution in [0, 0.1) is 0 Å². The van der Waals surface area contributed by atoms with Crippen LogP contribution in [0.3, 0.4) is 0 Å². The van der Waals surface area contributed by atoms with Crippen molar-refractivity contribution in [2.24, 2.45) is 0 Å². The first-order valence-corrected chi connectivity index (χ1v) is 8.81. The minimum Gasteiger partial charge on any atom is -0.315 e. The first-order chi connectivity index (χ1) is 9.90. The van der Waals surface area contributed by atoms with Gasteiger partial charge in [0.15, 0.2) is 0 Å². The number of hydrogen-bond donors (Lipinski definition) is 1. The third-order valence-electron chi connectivity index (χ3n) is 3.91. The molecule has 2 aliphatic heterocycles. The molecule has 2 saturated heterocycles. The minimum absolute atomic E-state index is 0.0720. The lowest BCUT2D eigenvalue weighted by atomic mass is 10.2. The number of carbonyl (C=O) groups is 2. The Labute approximate surface area is 131 Å². The van der Waals surface area contributed by atoms with Gasteiger partial charge in [-0.2, -0.15) is 0 Å². The number of hydrogen-bond acceptors (Lipinski definition) is 6. The van der Waals surface area contributed by atoms with Crippen molar-refractivity contribution in [1.29, 1.82) is 0 Å². The lowest BCUT2D eigenvalue weighted by Crippen LogP contribution is -2.48. The summed E-state index contributed by atoms with van der Waals surface area (Å²) in [4.78, 5) is 26.0. The molecule has 114 valence electrons. The third-order valence-corrected chi connectivity index (χ3v) is 6.56. The van der Waals surface area contributed by atoms with E-state index in [-0.39, 0.29) is 16.7 Å². The molecule has 0 bridgehead atoms. The molecule has 2 unspecified atom stereocenters. The summed E-state index contributed by atoms with van der Waals surface area (Å²) < 4.78 is 0. The van der Waals surface area contributed by atoms with E-state index in [0.717, 1.165) is 11.4 Å². The van der Waals surface area contributed by atoms with Crippen LogP contribution in [0.5, 0.6) is 0 Å². The van der Waals surface area contributed by atoms with E-state index in [9.17, 15) is 9.59 Å². The van der Waals surface area contributed by atoms with Crippen LogP contribution < -0.4 is 5.32 Å². The van der Waals surface area contributed by atoms with Crippen LogP contribution in [-0.2, 0) is 9.59 Å². The van der Waals surface area contributed by atoms with Gasteiger partial charge < -0.3 is 4.90 Å². The summed E-state index contributed by atoms with van der Waals surface area (Å²) in [6, 6.07) is -0.401. The molecule has 3 heterocycles. The third kappa shape index (κ3) is 2.55. The summed E-state index contributed by atoms with van der Waals surface area (Å²) in [5, 5.41) is 12.3. The summed E-state index contributed by atoms with van der Waals surface area (Å²) in [6.45, 7) is 6.11. The number of nitrogens with zero attached hydrogens (tertiary/aromatic N) is 3. The van der Waals surface area contributed by atoms with Crippen LogP contribution in [-0.4, -0.2) is 43.6 Å². The smallest absolute Gasteiger partial charge is 0.249 e. The second-order valence-electron chi connectivity index (χ2n) is 5.85. The first-order valence-electron chi connectivity index (χ1n) is 7.01. The van der Waals surface area contributed by atoms with E-state index in [2.05, 4.69) is 15.5 Å². The fourth-order valence-electron chi connectivity index (χ4n) is 2.72. The van der Waals surface area contributed by atoms with Crippen LogP contribution in [0.2, 0.25) is 0 Å². The Morgan fingerprint density at radius 1 is 1.48 bits per heavy atom. The van der Waals surface area contributed by atoms with Crippen molar-refractivity contribution in [1.82, 2.24) is 15.1 Å². The number of rotatable bonds is 3. The molecule has 8 heteroatoms. The second kappa shape index (κ2) is 5.24. The zero-order valence-corrected chi connectivity index (χ0v) is 13.9. The van der Waals surface area contributed by atoms with Crippen LogP contribution >= 0.6 is 23.1 Å². The molecule has 0 saturated carbocycles. The predicted octanol–water partition coefficient (Wildman–Crippen LogP) is 2.05. The summed E-state index contributed by atoms with van der Waals surface area (Å²) in [5.41, 5.74) is 0. The van der Waals surface area contributed by atoms with Gasteiger partial charge in [-0.05, 0) is 13.3 Å². The quantitative estimate of drug-likeness (QED) is 0.920. The van der Waals surface area contributed by atoms with Crippen molar-refractivity contribution >= 4 is 40.0 Å². The van der Waals surface area contributed by atoms with Gasteiger partial charge in [-0.25, -0.2) is 0 Å². The number of aromatic nitrogens is 2. The van der Waals surface area contributed by atoms with E-state index in [4.69, 9.17) is 0 Å². The number of amides is 2. The molecule has 1 N–H and O–H groups in total. The molecule has 21 heavy (non-hydrogen) atoms. The zero-order chi connectivity index (χ0) is 15.2. The fourth-order valence-corrected chi connectivity index (χ4v) is 4.90. The average Bonchev–Trinajstić information content (AvgIpc) is 3.07. The van der Waals surface area contributed by atoms with E-state index in [1.807, 2.05) is 20.8 Å². The fraction of sp³-hybridized carbons (Fsp3) is 0.692. The Kier molecular flexibility index (Phi) is 3.69. The SMILES string of the molecule is CC(C)c1nnc(NC(=O)C2CSC3(C)CCC(=O)N23)s1. The van der Waals surface area contributed by atoms with E-state index in [1.54, 1.807) is 16.7 Å².